The van der Waals surface area contributed by atoms with Crippen molar-refractivity contribution in [3.8, 4) is 0 Å². The number of nitrogens with zero attached hydrogens (tertiary/aromatic N) is 2. The van der Waals surface area contributed by atoms with Crippen LogP contribution in [0.2, 0.25) is 0 Å². The Labute approximate surface area is 106 Å². The fourth-order valence-electron chi connectivity index (χ4n) is 1.44. The molecule has 1 amide bonds. The number of benzene rings is 1. The van der Waals surface area contributed by atoms with Crippen molar-refractivity contribution >= 4 is 17.3 Å². The second kappa shape index (κ2) is 6.00. The maximum Gasteiger partial charge on any atom is 0.269 e. The summed E-state index contributed by atoms with van der Waals surface area (Å²) in [5.74, 6) is -0.0183. The highest BCUT2D eigenvalue weighted by atomic mass is 16.6. The minimum atomic E-state index is -0.438. The van der Waals surface area contributed by atoms with E-state index in [1.807, 2.05) is 6.92 Å². The number of nitrogens with one attached hydrogen (secondary N) is 1. The van der Waals surface area contributed by atoms with Crippen LogP contribution in [0.1, 0.15) is 12.5 Å². The summed E-state index contributed by atoms with van der Waals surface area (Å²) < 4.78 is 0. The molecule has 0 radical (unpaired) electrons. The van der Waals surface area contributed by atoms with E-state index in [1.165, 1.54) is 12.1 Å². The van der Waals surface area contributed by atoms with Crippen LogP contribution < -0.4 is 5.32 Å². The highest BCUT2D eigenvalue weighted by molar-refractivity contribution is 5.80. The number of amides is 1. The standard InChI is InChI=1S/C12H17N3O3/c1-4-14(3)12(16)8-13-11-6-5-10(15(17)18)7-9(11)2/h5-7,13H,4,8H2,1-3H3. The van der Waals surface area contributed by atoms with E-state index in [0.717, 1.165) is 11.3 Å². The average molecular weight is 251 g/mol. The Morgan fingerprint density at radius 3 is 2.67 bits per heavy atom. The average Bonchev–Trinajstić information content (AvgIpc) is 2.35. The lowest BCUT2D eigenvalue weighted by atomic mass is 10.2. The van der Waals surface area contributed by atoms with E-state index in [-0.39, 0.29) is 18.1 Å². The molecule has 0 fully saturated rings. The maximum absolute atomic E-state index is 11.6. The van der Waals surface area contributed by atoms with Crippen molar-refractivity contribution in [2.45, 2.75) is 13.8 Å². The minimum Gasteiger partial charge on any atom is -0.376 e. The largest absolute Gasteiger partial charge is 0.376 e. The Morgan fingerprint density at radius 1 is 1.50 bits per heavy atom. The van der Waals surface area contributed by atoms with Gasteiger partial charge in [0.2, 0.25) is 5.91 Å². The monoisotopic (exact) mass is 251 g/mol. The van der Waals surface area contributed by atoms with Crippen molar-refractivity contribution in [2.24, 2.45) is 0 Å². The summed E-state index contributed by atoms with van der Waals surface area (Å²) in [6, 6.07) is 4.52. The molecule has 6 heteroatoms. The number of likely N-dealkylation sites (N-methyl/N-ethyl adjacent to an activating group) is 1. The number of aryl methyl sites for hydroxylation is 1. The van der Waals surface area contributed by atoms with Gasteiger partial charge in [0.05, 0.1) is 11.5 Å². The van der Waals surface area contributed by atoms with Crippen molar-refractivity contribution in [1.29, 1.82) is 0 Å². The fourth-order valence-corrected chi connectivity index (χ4v) is 1.44. The third-order valence-corrected chi connectivity index (χ3v) is 2.75. The third kappa shape index (κ3) is 3.44. The van der Waals surface area contributed by atoms with Gasteiger partial charge in [-0.25, -0.2) is 0 Å². The summed E-state index contributed by atoms with van der Waals surface area (Å²) in [4.78, 5) is 23.3. The summed E-state index contributed by atoms with van der Waals surface area (Å²) in [6.45, 7) is 4.50. The highest BCUT2D eigenvalue weighted by Gasteiger charge is 2.10. The van der Waals surface area contributed by atoms with Gasteiger partial charge in [0.15, 0.2) is 0 Å². The van der Waals surface area contributed by atoms with Crippen LogP contribution in [-0.2, 0) is 4.79 Å². The summed E-state index contributed by atoms with van der Waals surface area (Å²) >= 11 is 0. The first-order valence-corrected chi connectivity index (χ1v) is 5.68. The van der Waals surface area contributed by atoms with E-state index in [9.17, 15) is 14.9 Å². The quantitative estimate of drug-likeness (QED) is 0.639. The topological polar surface area (TPSA) is 75.5 Å². The van der Waals surface area contributed by atoms with Crippen molar-refractivity contribution < 1.29 is 9.72 Å². The molecule has 1 rings (SSSR count). The van der Waals surface area contributed by atoms with Crippen LogP contribution in [0.25, 0.3) is 0 Å². The molecular formula is C12H17N3O3. The van der Waals surface area contributed by atoms with Gasteiger partial charge in [0.25, 0.3) is 5.69 Å². The molecule has 0 heterocycles. The number of carbonyl (C=O) groups excluding carboxylic acids is 1. The zero-order valence-electron chi connectivity index (χ0n) is 10.8. The molecule has 1 aromatic rings. The van der Waals surface area contributed by atoms with Crippen LogP contribution in [0, 0.1) is 17.0 Å². The van der Waals surface area contributed by atoms with E-state index >= 15 is 0 Å². The number of nitro benzene ring substituents is 1. The first-order chi connectivity index (χ1) is 8.45. The SMILES string of the molecule is CCN(C)C(=O)CNc1ccc([N+](=O)[O-])cc1C. The molecule has 0 saturated carbocycles. The van der Waals surface area contributed by atoms with Crippen LogP contribution in [0.3, 0.4) is 0 Å². The predicted molar refractivity (Wildman–Crippen MR) is 69.6 cm³/mol. The minimum absolute atomic E-state index is 0.0183. The van der Waals surface area contributed by atoms with Gasteiger partial charge in [-0.05, 0) is 25.5 Å². The van der Waals surface area contributed by atoms with Gasteiger partial charge in [-0.2, -0.15) is 0 Å². The summed E-state index contributed by atoms with van der Waals surface area (Å²) in [5.41, 5.74) is 1.53. The molecule has 0 atom stereocenters. The molecule has 0 aromatic heterocycles. The van der Waals surface area contributed by atoms with E-state index in [2.05, 4.69) is 5.32 Å². The number of nitro groups is 1. The fraction of sp³-hybridized carbons (Fsp3) is 0.417. The number of anilines is 1. The van der Waals surface area contributed by atoms with Crippen LogP contribution in [0.5, 0.6) is 0 Å². The van der Waals surface area contributed by atoms with Gasteiger partial charge in [0.1, 0.15) is 0 Å². The number of hydrogen-bond donors (Lipinski definition) is 1. The Morgan fingerprint density at radius 2 is 2.17 bits per heavy atom. The molecule has 18 heavy (non-hydrogen) atoms. The van der Waals surface area contributed by atoms with E-state index in [4.69, 9.17) is 0 Å². The Bertz CT molecular complexity index is 460. The summed E-state index contributed by atoms with van der Waals surface area (Å²) in [6.07, 6.45) is 0. The van der Waals surface area contributed by atoms with Gasteiger partial charge in [-0.15, -0.1) is 0 Å². The van der Waals surface area contributed by atoms with Crippen molar-refractivity contribution in [3.05, 3.63) is 33.9 Å². The first-order valence-electron chi connectivity index (χ1n) is 5.68. The Kier molecular flexibility index (Phi) is 4.65. The lowest BCUT2D eigenvalue weighted by Crippen LogP contribution is -2.31. The van der Waals surface area contributed by atoms with Gasteiger partial charge < -0.3 is 10.2 Å². The van der Waals surface area contributed by atoms with Gasteiger partial charge in [0, 0.05) is 31.4 Å². The third-order valence-electron chi connectivity index (χ3n) is 2.75. The second-order valence-corrected chi connectivity index (χ2v) is 4.02. The molecule has 1 N–H and O–H groups in total. The predicted octanol–water partition coefficient (Wildman–Crippen LogP) is 1.79. The molecule has 0 aliphatic carbocycles. The molecule has 0 aliphatic heterocycles. The Hall–Kier alpha value is -2.11. The van der Waals surface area contributed by atoms with Crippen LogP contribution in [0.4, 0.5) is 11.4 Å². The van der Waals surface area contributed by atoms with Crippen LogP contribution >= 0.6 is 0 Å². The number of hydrogen-bond acceptors (Lipinski definition) is 4. The van der Waals surface area contributed by atoms with Gasteiger partial charge in [-0.3, -0.25) is 14.9 Å². The molecule has 0 saturated heterocycles. The molecular weight excluding hydrogens is 234 g/mol. The van der Waals surface area contributed by atoms with Crippen molar-refractivity contribution in [2.75, 3.05) is 25.5 Å². The van der Waals surface area contributed by atoms with E-state index in [0.29, 0.717) is 6.54 Å². The van der Waals surface area contributed by atoms with Crippen molar-refractivity contribution in [1.82, 2.24) is 4.90 Å². The van der Waals surface area contributed by atoms with E-state index in [1.54, 1.807) is 24.9 Å². The van der Waals surface area contributed by atoms with Crippen molar-refractivity contribution in [3.63, 3.8) is 0 Å². The number of carbonyl (C=O) groups is 1. The van der Waals surface area contributed by atoms with Crippen LogP contribution in [0.15, 0.2) is 18.2 Å². The molecule has 0 spiro atoms. The second-order valence-electron chi connectivity index (χ2n) is 4.02. The van der Waals surface area contributed by atoms with E-state index < -0.39 is 4.92 Å². The number of rotatable bonds is 5. The molecule has 98 valence electrons. The molecule has 6 nitrogen and oxygen atoms in total. The zero-order valence-corrected chi connectivity index (χ0v) is 10.8. The first kappa shape index (κ1) is 14.0. The highest BCUT2D eigenvalue weighted by Crippen LogP contribution is 2.20. The lowest BCUT2D eigenvalue weighted by Gasteiger charge is -2.16. The normalized spacial score (nSPS) is 9.94. The smallest absolute Gasteiger partial charge is 0.269 e. The number of non-ortho nitro benzene ring substituents is 1. The summed E-state index contributed by atoms with van der Waals surface area (Å²) in [7, 11) is 1.73. The Balaban J connectivity index is 2.69. The van der Waals surface area contributed by atoms with Crippen LogP contribution in [-0.4, -0.2) is 35.9 Å². The van der Waals surface area contributed by atoms with Gasteiger partial charge >= 0.3 is 0 Å². The molecule has 0 bridgehead atoms. The molecule has 0 unspecified atom stereocenters. The molecule has 0 aliphatic rings. The summed E-state index contributed by atoms with van der Waals surface area (Å²) in [5, 5.41) is 13.6. The molecule has 1 aromatic carbocycles. The maximum atomic E-state index is 11.6. The lowest BCUT2D eigenvalue weighted by molar-refractivity contribution is -0.384. The zero-order chi connectivity index (χ0) is 13.7. The van der Waals surface area contributed by atoms with Gasteiger partial charge in [-0.1, -0.05) is 0 Å².